The molecule has 0 saturated heterocycles. The van der Waals surface area contributed by atoms with Crippen molar-refractivity contribution in [3.8, 4) is 0 Å². The van der Waals surface area contributed by atoms with Crippen LogP contribution in [0.1, 0.15) is 13.8 Å². The molecular weight excluding hydrogens is 272 g/mol. The van der Waals surface area contributed by atoms with Crippen molar-refractivity contribution in [1.82, 2.24) is 19.6 Å². The molecule has 2 aromatic heterocycles. The van der Waals surface area contributed by atoms with E-state index in [9.17, 15) is 0 Å². The third kappa shape index (κ3) is 3.34. The predicted molar refractivity (Wildman–Crippen MR) is 92.8 cm³/mol. The number of fused-ring (bicyclic) bond motifs is 2. The summed E-state index contributed by atoms with van der Waals surface area (Å²) in [6.07, 6.45) is 2.07. The number of aryl methyl sites for hydroxylation is 2. The molecule has 114 valence electrons. The predicted octanol–water partition coefficient (Wildman–Crippen LogP) is 4.17. The van der Waals surface area contributed by atoms with Gasteiger partial charge >= 0.3 is 0 Å². The van der Waals surface area contributed by atoms with Gasteiger partial charge in [0.25, 0.3) is 0 Å². The van der Waals surface area contributed by atoms with Crippen LogP contribution in [-0.4, -0.2) is 19.6 Å². The molecule has 0 aliphatic carbocycles. The van der Waals surface area contributed by atoms with Crippen molar-refractivity contribution in [2.45, 2.75) is 13.8 Å². The Balaban J connectivity index is 0.000000144. The molecule has 2 heterocycles. The Morgan fingerprint density at radius 3 is 2.09 bits per heavy atom. The summed E-state index contributed by atoms with van der Waals surface area (Å²) in [5.41, 5.74) is 3.31. The van der Waals surface area contributed by atoms with Crippen LogP contribution in [-0.2, 0) is 14.1 Å². The highest BCUT2D eigenvalue weighted by molar-refractivity contribution is 5.79. The van der Waals surface area contributed by atoms with Gasteiger partial charge in [-0.1, -0.05) is 49.4 Å². The topological polar surface area (TPSA) is 35.6 Å². The normalized spacial score (nSPS) is 9.82. The SMILES string of the molecule is CC.Cn1ccc2ccccc21.Cn1nnc2ccccc21. The van der Waals surface area contributed by atoms with E-state index in [1.807, 2.05) is 45.2 Å². The van der Waals surface area contributed by atoms with E-state index in [4.69, 9.17) is 0 Å². The lowest BCUT2D eigenvalue weighted by molar-refractivity contribution is 0.736. The van der Waals surface area contributed by atoms with Gasteiger partial charge in [-0.25, -0.2) is 4.68 Å². The van der Waals surface area contributed by atoms with Crippen molar-refractivity contribution in [3.63, 3.8) is 0 Å². The van der Waals surface area contributed by atoms with Gasteiger partial charge in [0.2, 0.25) is 0 Å². The lowest BCUT2D eigenvalue weighted by Gasteiger charge is -1.92. The van der Waals surface area contributed by atoms with Crippen molar-refractivity contribution in [2.24, 2.45) is 14.1 Å². The fourth-order valence-electron chi connectivity index (χ4n) is 2.21. The highest BCUT2D eigenvalue weighted by Gasteiger charge is 1.95. The van der Waals surface area contributed by atoms with Crippen LogP contribution in [0.4, 0.5) is 0 Å². The van der Waals surface area contributed by atoms with Crippen molar-refractivity contribution >= 4 is 21.9 Å². The lowest BCUT2D eigenvalue weighted by atomic mass is 10.2. The summed E-state index contributed by atoms with van der Waals surface area (Å²) < 4.78 is 3.88. The van der Waals surface area contributed by atoms with E-state index >= 15 is 0 Å². The quantitative estimate of drug-likeness (QED) is 0.488. The zero-order valence-corrected chi connectivity index (χ0v) is 13.6. The first-order valence-electron chi connectivity index (χ1n) is 7.50. The van der Waals surface area contributed by atoms with E-state index in [2.05, 4.69) is 58.5 Å². The first-order valence-corrected chi connectivity index (χ1v) is 7.50. The molecule has 0 N–H and O–H groups in total. The van der Waals surface area contributed by atoms with E-state index in [0.29, 0.717) is 0 Å². The first-order chi connectivity index (χ1) is 10.8. The van der Waals surface area contributed by atoms with Gasteiger partial charge in [0.05, 0.1) is 5.52 Å². The minimum absolute atomic E-state index is 0.949. The summed E-state index contributed by atoms with van der Waals surface area (Å²) in [7, 11) is 3.94. The summed E-state index contributed by atoms with van der Waals surface area (Å²) in [5.74, 6) is 0. The summed E-state index contributed by atoms with van der Waals surface area (Å²) in [5, 5.41) is 9.10. The molecule has 0 aliphatic heterocycles. The summed E-state index contributed by atoms with van der Waals surface area (Å²) in [6, 6.07) is 18.4. The zero-order chi connectivity index (χ0) is 15.9. The molecule has 0 unspecified atom stereocenters. The molecule has 22 heavy (non-hydrogen) atoms. The van der Waals surface area contributed by atoms with Gasteiger partial charge in [-0.05, 0) is 29.7 Å². The van der Waals surface area contributed by atoms with Crippen LogP contribution in [0.15, 0.2) is 60.8 Å². The summed E-state index contributed by atoms with van der Waals surface area (Å²) in [6.45, 7) is 4.00. The van der Waals surface area contributed by atoms with Gasteiger partial charge in [-0.3, -0.25) is 0 Å². The highest BCUT2D eigenvalue weighted by atomic mass is 15.4. The minimum atomic E-state index is 0.949. The molecule has 4 rings (SSSR count). The molecule has 0 aliphatic rings. The van der Waals surface area contributed by atoms with E-state index < -0.39 is 0 Å². The van der Waals surface area contributed by atoms with Crippen LogP contribution in [0, 0.1) is 0 Å². The average Bonchev–Trinajstić information content (AvgIpc) is 3.15. The Bertz CT molecular complexity index is 770. The molecule has 0 saturated carbocycles. The number of benzene rings is 2. The molecule has 0 radical (unpaired) electrons. The Morgan fingerprint density at radius 1 is 0.773 bits per heavy atom. The Morgan fingerprint density at radius 2 is 1.41 bits per heavy atom. The second kappa shape index (κ2) is 7.41. The maximum atomic E-state index is 3.93. The number of aromatic nitrogens is 4. The lowest BCUT2D eigenvalue weighted by Crippen LogP contribution is -1.88. The fourth-order valence-corrected chi connectivity index (χ4v) is 2.21. The smallest absolute Gasteiger partial charge is 0.113 e. The maximum absolute atomic E-state index is 3.93. The van der Waals surface area contributed by atoms with Crippen molar-refractivity contribution in [3.05, 3.63) is 60.8 Å². The molecule has 0 fully saturated rings. The van der Waals surface area contributed by atoms with Crippen LogP contribution < -0.4 is 0 Å². The molecule has 0 spiro atoms. The number of hydrogen-bond acceptors (Lipinski definition) is 2. The van der Waals surface area contributed by atoms with Crippen LogP contribution in [0.25, 0.3) is 21.9 Å². The monoisotopic (exact) mass is 294 g/mol. The number of rotatable bonds is 0. The summed E-state index contributed by atoms with van der Waals surface area (Å²) >= 11 is 0. The van der Waals surface area contributed by atoms with Crippen LogP contribution in [0.3, 0.4) is 0 Å². The van der Waals surface area contributed by atoms with E-state index in [1.54, 1.807) is 4.68 Å². The van der Waals surface area contributed by atoms with Crippen molar-refractivity contribution in [1.29, 1.82) is 0 Å². The van der Waals surface area contributed by atoms with Crippen molar-refractivity contribution < 1.29 is 0 Å². The Hall–Kier alpha value is -2.62. The van der Waals surface area contributed by atoms with Gasteiger partial charge in [0, 0.05) is 25.8 Å². The minimum Gasteiger partial charge on any atom is -0.351 e. The van der Waals surface area contributed by atoms with E-state index in [0.717, 1.165) is 11.0 Å². The van der Waals surface area contributed by atoms with Crippen molar-refractivity contribution in [2.75, 3.05) is 0 Å². The Labute approximate surface area is 131 Å². The standard InChI is InChI=1S/C9H9N.C7H7N3.C2H6/c1-10-7-6-8-4-2-3-5-9(8)10;1-10-7-5-3-2-4-6(7)8-9-10;1-2/h2-7H,1H3;2-5H,1H3;1-2H3. The third-order valence-corrected chi connectivity index (χ3v) is 3.31. The molecule has 4 nitrogen and oxygen atoms in total. The van der Waals surface area contributed by atoms with Gasteiger partial charge in [0.1, 0.15) is 5.52 Å². The highest BCUT2D eigenvalue weighted by Crippen LogP contribution is 2.12. The molecule has 4 heteroatoms. The molecule has 2 aromatic carbocycles. The van der Waals surface area contributed by atoms with Crippen LogP contribution in [0.2, 0.25) is 0 Å². The zero-order valence-electron chi connectivity index (χ0n) is 13.6. The van der Waals surface area contributed by atoms with E-state index in [-0.39, 0.29) is 0 Å². The number of hydrogen-bond donors (Lipinski definition) is 0. The third-order valence-electron chi connectivity index (χ3n) is 3.31. The average molecular weight is 294 g/mol. The van der Waals surface area contributed by atoms with Crippen LogP contribution >= 0.6 is 0 Å². The summed E-state index contributed by atoms with van der Waals surface area (Å²) in [4.78, 5) is 0. The largest absolute Gasteiger partial charge is 0.351 e. The molecule has 4 aromatic rings. The van der Waals surface area contributed by atoms with Gasteiger partial charge in [-0.2, -0.15) is 0 Å². The number of nitrogens with zero attached hydrogens (tertiary/aromatic N) is 4. The molecule has 0 amide bonds. The molecule has 0 atom stereocenters. The van der Waals surface area contributed by atoms with Crippen LogP contribution in [0.5, 0.6) is 0 Å². The number of para-hydroxylation sites is 2. The van der Waals surface area contributed by atoms with Gasteiger partial charge in [0.15, 0.2) is 0 Å². The Kier molecular flexibility index (Phi) is 5.31. The first kappa shape index (κ1) is 15.8. The molecular formula is C18H22N4. The second-order valence-corrected chi connectivity index (χ2v) is 4.69. The van der Waals surface area contributed by atoms with E-state index in [1.165, 1.54) is 10.9 Å². The maximum Gasteiger partial charge on any atom is 0.113 e. The fraction of sp³-hybridized carbons (Fsp3) is 0.222. The van der Waals surface area contributed by atoms with Gasteiger partial charge < -0.3 is 4.57 Å². The second-order valence-electron chi connectivity index (χ2n) is 4.69. The molecule has 0 bridgehead atoms. The van der Waals surface area contributed by atoms with Gasteiger partial charge in [-0.15, -0.1) is 5.10 Å².